The standard InChI is InChI=1S/C21H29N3O3/c25-20(22-11-8-17-4-2-1-3-5-17)19-7-6-18(16-23-19)24-12-9-21(10-13-24)26-14-15-27-21/h4,6-7,16H,1-3,5,8-15H2,(H,22,25). The number of carbonyl (C=O) groups is 1. The van der Waals surface area contributed by atoms with Crippen LogP contribution in [-0.2, 0) is 9.47 Å². The summed E-state index contributed by atoms with van der Waals surface area (Å²) in [6, 6.07) is 3.80. The summed E-state index contributed by atoms with van der Waals surface area (Å²) in [5, 5.41) is 2.99. The third kappa shape index (κ3) is 4.50. The SMILES string of the molecule is O=C(NCCC1=CCCCC1)c1ccc(N2CCC3(CC2)OCCO3)cn1. The highest BCUT2D eigenvalue weighted by molar-refractivity contribution is 5.92. The lowest BCUT2D eigenvalue weighted by molar-refractivity contribution is -0.169. The van der Waals surface area contributed by atoms with Crippen LogP contribution in [0.5, 0.6) is 0 Å². The number of nitrogens with zero attached hydrogens (tertiary/aromatic N) is 2. The molecular formula is C21H29N3O3. The highest BCUT2D eigenvalue weighted by Crippen LogP contribution is 2.33. The summed E-state index contributed by atoms with van der Waals surface area (Å²) in [5.41, 5.74) is 3.00. The minimum absolute atomic E-state index is 0.0942. The molecule has 3 heterocycles. The number of rotatable bonds is 5. The largest absolute Gasteiger partial charge is 0.370 e. The highest BCUT2D eigenvalue weighted by Gasteiger charge is 2.39. The van der Waals surface area contributed by atoms with Crippen molar-refractivity contribution in [2.24, 2.45) is 0 Å². The average Bonchev–Trinajstić information content (AvgIpc) is 3.17. The van der Waals surface area contributed by atoms with Gasteiger partial charge in [-0.3, -0.25) is 4.79 Å². The molecule has 0 aromatic carbocycles. The van der Waals surface area contributed by atoms with Gasteiger partial charge in [-0.1, -0.05) is 11.6 Å². The second-order valence-electron chi connectivity index (χ2n) is 7.61. The lowest BCUT2D eigenvalue weighted by Gasteiger charge is -2.38. The Morgan fingerprint density at radius 3 is 2.67 bits per heavy atom. The summed E-state index contributed by atoms with van der Waals surface area (Å²) in [4.78, 5) is 19.0. The molecule has 6 heteroatoms. The van der Waals surface area contributed by atoms with Gasteiger partial charge in [0.25, 0.3) is 5.91 Å². The first-order valence-electron chi connectivity index (χ1n) is 10.2. The van der Waals surface area contributed by atoms with Crippen molar-refractivity contribution in [3.63, 3.8) is 0 Å². The van der Waals surface area contributed by atoms with Crippen molar-refractivity contribution in [2.75, 3.05) is 37.7 Å². The molecule has 1 aliphatic carbocycles. The number of carbonyl (C=O) groups excluding carboxylic acids is 1. The molecule has 3 aliphatic rings. The molecule has 1 N–H and O–H groups in total. The molecule has 2 aliphatic heterocycles. The summed E-state index contributed by atoms with van der Waals surface area (Å²) in [6.07, 6.45) is 11.7. The first-order chi connectivity index (χ1) is 13.2. The average molecular weight is 371 g/mol. The van der Waals surface area contributed by atoms with Gasteiger partial charge in [-0.25, -0.2) is 4.98 Å². The summed E-state index contributed by atoms with van der Waals surface area (Å²) >= 11 is 0. The number of pyridine rings is 1. The first kappa shape index (κ1) is 18.4. The van der Waals surface area contributed by atoms with Gasteiger partial charge in [0.15, 0.2) is 5.79 Å². The number of nitrogens with one attached hydrogen (secondary N) is 1. The van der Waals surface area contributed by atoms with Gasteiger partial charge in [-0.15, -0.1) is 0 Å². The Kier molecular flexibility index (Phi) is 5.74. The van der Waals surface area contributed by atoms with Gasteiger partial charge in [0, 0.05) is 32.5 Å². The molecule has 1 aromatic rings. The number of hydrogen-bond acceptors (Lipinski definition) is 5. The van der Waals surface area contributed by atoms with Crippen molar-refractivity contribution < 1.29 is 14.3 Å². The summed E-state index contributed by atoms with van der Waals surface area (Å²) in [7, 11) is 0. The quantitative estimate of drug-likeness (QED) is 0.806. The van der Waals surface area contributed by atoms with Crippen LogP contribution in [0.2, 0.25) is 0 Å². The van der Waals surface area contributed by atoms with Crippen molar-refractivity contribution in [1.29, 1.82) is 0 Å². The maximum absolute atomic E-state index is 12.3. The van der Waals surface area contributed by atoms with Crippen LogP contribution < -0.4 is 10.2 Å². The van der Waals surface area contributed by atoms with Crippen LogP contribution in [0, 0.1) is 0 Å². The zero-order valence-corrected chi connectivity index (χ0v) is 15.9. The van der Waals surface area contributed by atoms with E-state index < -0.39 is 0 Å². The molecular weight excluding hydrogens is 342 g/mol. The fraction of sp³-hybridized carbons (Fsp3) is 0.619. The zero-order chi connectivity index (χ0) is 18.5. The molecule has 0 atom stereocenters. The Balaban J connectivity index is 1.26. The molecule has 2 fully saturated rings. The Labute approximate surface area is 160 Å². The molecule has 0 unspecified atom stereocenters. The molecule has 6 nitrogen and oxygen atoms in total. The van der Waals surface area contributed by atoms with E-state index in [1.54, 1.807) is 6.20 Å². The predicted octanol–water partition coefficient (Wildman–Crippen LogP) is 3.05. The Morgan fingerprint density at radius 1 is 1.19 bits per heavy atom. The lowest BCUT2D eigenvalue weighted by atomic mass is 9.97. The first-order valence-corrected chi connectivity index (χ1v) is 10.2. The van der Waals surface area contributed by atoms with Gasteiger partial charge < -0.3 is 19.7 Å². The van der Waals surface area contributed by atoms with E-state index in [9.17, 15) is 4.79 Å². The van der Waals surface area contributed by atoms with Crippen molar-refractivity contribution in [3.8, 4) is 0 Å². The number of aromatic nitrogens is 1. The van der Waals surface area contributed by atoms with Crippen LogP contribution in [0.4, 0.5) is 5.69 Å². The van der Waals surface area contributed by atoms with Crippen LogP contribution in [0.25, 0.3) is 0 Å². The number of anilines is 1. The number of ether oxygens (including phenoxy) is 2. The number of piperidine rings is 1. The normalized spacial score (nSPS) is 21.9. The highest BCUT2D eigenvalue weighted by atomic mass is 16.7. The smallest absolute Gasteiger partial charge is 0.269 e. The van der Waals surface area contributed by atoms with E-state index in [1.807, 2.05) is 12.1 Å². The van der Waals surface area contributed by atoms with Crippen LogP contribution in [0.1, 0.15) is 55.4 Å². The Morgan fingerprint density at radius 2 is 2.00 bits per heavy atom. The van der Waals surface area contributed by atoms with Gasteiger partial charge in [-0.2, -0.15) is 0 Å². The molecule has 0 saturated carbocycles. The van der Waals surface area contributed by atoms with Crippen molar-refractivity contribution >= 4 is 11.6 Å². The molecule has 1 aromatic heterocycles. The number of amides is 1. The van der Waals surface area contributed by atoms with Crippen molar-refractivity contribution in [1.82, 2.24) is 10.3 Å². The van der Waals surface area contributed by atoms with Gasteiger partial charge in [-0.05, 0) is 44.2 Å². The molecule has 0 radical (unpaired) electrons. The maximum atomic E-state index is 12.3. The van der Waals surface area contributed by atoms with E-state index >= 15 is 0 Å². The maximum Gasteiger partial charge on any atom is 0.269 e. The van der Waals surface area contributed by atoms with E-state index in [0.29, 0.717) is 25.5 Å². The monoisotopic (exact) mass is 371 g/mol. The van der Waals surface area contributed by atoms with E-state index in [1.165, 1.54) is 31.3 Å². The number of hydrogen-bond donors (Lipinski definition) is 1. The Hall–Kier alpha value is -1.92. The fourth-order valence-electron chi connectivity index (χ4n) is 4.16. The third-order valence-electron chi connectivity index (χ3n) is 5.80. The molecule has 4 rings (SSSR count). The molecule has 1 spiro atoms. The summed E-state index contributed by atoms with van der Waals surface area (Å²) < 4.78 is 11.6. The zero-order valence-electron chi connectivity index (χ0n) is 15.9. The van der Waals surface area contributed by atoms with Gasteiger partial charge in [0.2, 0.25) is 0 Å². The van der Waals surface area contributed by atoms with Gasteiger partial charge >= 0.3 is 0 Å². The van der Waals surface area contributed by atoms with Crippen molar-refractivity contribution in [3.05, 3.63) is 35.7 Å². The summed E-state index contributed by atoms with van der Waals surface area (Å²) in [6.45, 7) is 3.83. The second-order valence-corrected chi connectivity index (χ2v) is 7.61. The minimum Gasteiger partial charge on any atom is -0.370 e. The number of allylic oxidation sites excluding steroid dienone is 1. The second kappa shape index (κ2) is 8.40. The van der Waals surface area contributed by atoms with Crippen LogP contribution >= 0.6 is 0 Å². The van der Waals surface area contributed by atoms with Gasteiger partial charge in [0.05, 0.1) is 25.1 Å². The molecule has 1 amide bonds. The third-order valence-corrected chi connectivity index (χ3v) is 5.80. The molecule has 0 bridgehead atoms. The van der Waals surface area contributed by atoms with E-state index in [-0.39, 0.29) is 11.7 Å². The minimum atomic E-state index is -0.364. The van der Waals surface area contributed by atoms with Crippen LogP contribution in [0.15, 0.2) is 30.0 Å². The Bertz CT molecular complexity index is 670. The van der Waals surface area contributed by atoms with Crippen LogP contribution in [0.3, 0.4) is 0 Å². The van der Waals surface area contributed by atoms with E-state index in [4.69, 9.17) is 9.47 Å². The van der Waals surface area contributed by atoms with Gasteiger partial charge in [0.1, 0.15) is 5.69 Å². The predicted molar refractivity (Wildman–Crippen MR) is 104 cm³/mol. The fourth-order valence-corrected chi connectivity index (χ4v) is 4.16. The molecule has 27 heavy (non-hydrogen) atoms. The molecule has 2 saturated heterocycles. The van der Waals surface area contributed by atoms with E-state index in [0.717, 1.165) is 38.0 Å². The van der Waals surface area contributed by atoms with Crippen molar-refractivity contribution in [2.45, 2.75) is 50.7 Å². The lowest BCUT2D eigenvalue weighted by Crippen LogP contribution is -2.45. The van der Waals surface area contributed by atoms with Crippen LogP contribution in [-0.4, -0.2) is 49.5 Å². The summed E-state index contributed by atoms with van der Waals surface area (Å²) in [5.74, 6) is -0.458. The topological polar surface area (TPSA) is 63.7 Å². The van der Waals surface area contributed by atoms with E-state index in [2.05, 4.69) is 21.3 Å². The molecule has 146 valence electrons.